The standard InChI is InChI=1S/C24H16S2/c1-3-7-19-13-21(11-9-17(19)5-1)23-15-25-16-24(26-23)22-12-10-18-6-2-4-8-20(18)14-22/h1-16H. The van der Waals surface area contributed by atoms with Crippen LogP contribution in [0.25, 0.3) is 31.4 Å². The Morgan fingerprint density at radius 1 is 0.462 bits per heavy atom. The molecule has 1 aliphatic heterocycles. The van der Waals surface area contributed by atoms with Gasteiger partial charge in [-0.25, -0.2) is 0 Å². The lowest BCUT2D eigenvalue weighted by Crippen LogP contribution is -1.87. The molecule has 0 aromatic heterocycles. The first-order valence-electron chi connectivity index (χ1n) is 8.59. The van der Waals surface area contributed by atoms with Crippen LogP contribution in [0.4, 0.5) is 0 Å². The van der Waals surface area contributed by atoms with Gasteiger partial charge in [0, 0.05) is 9.81 Å². The van der Waals surface area contributed by atoms with E-state index in [-0.39, 0.29) is 0 Å². The van der Waals surface area contributed by atoms with E-state index in [4.69, 9.17) is 0 Å². The molecule has 4 aromatic carbocycles. The molecule has 0 N–H and O–H groups in total. The lowest BCUT2D eigenvalue weighted by atomic mass is 10.1. The van der Waals surface area contributed by atoms with Crippen LogP contribution in [0.5, 0.6) is 0 Å². The quantitative estimate of drug-likeness (QED) is 0.354. The number of thioether (sulfide) groups is 2. The summed E-state index contributed by atoms with van der Waals surface area (Å²) in [6.45, 7) is 0. The van der Waals surface area contributed by atoms with Crippen molar-refractivity contribution in [1.82, 2.24) is 0 Å². The van der Waals surface area contributed by atoms with Gasteiger partial charge in [0.05, 0.1) is 0 Å². The first-order valence-corrected chi connectivity index (χ1v) is 10.3. The molecule has 0 nitrogen and oxygen atoms in total. The average Bonchev–Trinajstić information content (AvgIpc) is 2.73. The number of rotatable bonds is 2. The van der Waals surface area contributed by atoms with Crippen LogP contribution in [0.15, 0.2) is 95.7 Å². The summed E-state index contributed by atoms with van der Waals surface area (Å²) in [4.78, 5) is 2.62. The molecule has 26 heavy (non-hydrogen) atoms. The van der Waals surface area contributed by atoms with Crippen molar-refractivity contribution < 1.29 is 0 Å². The molecular formula is C24H16S2. The van der Waals surface area contributed by atoms with Crippen molar-refractivity contribution in [2.45, 2.75) is 0 Å². The fourth-order valence-corrected chi connectivity index (χ4v) is 5.30. The molecule has 1 heterocycles. The number of hydrogen-bond donors (Lipinski definition) is 0. The molecule has 124 valence electrons. The van der Waals surface area contributed by atoms with Crippen molar-refractivity contribution in [2.75, 3.05) is 0 Å². The highest BCUT2D eigenvalue weighted by molar-refractivity contribution is 8.20. The van der Waals surface area contributed by atoms with Gasteiger partial charge in [-0.1, -0.05) is 84.6 Å². The fourth-order valence-electron chi connectivity index (χ4n) is 3.26. The number of fused-ring (bicyclic) bond motifs is 2. The second-order valence-electron chi connectivity index (χ2n) is 6.33. The summed E-state index contributed by atoms with van der Waals surface area (Å²) in [7, 11) is 0. The van der Waals surface area contributed by atoms with Gasteiger partial charge in [-0.3, -0.25) is 0 Å². The van der Waals surface area contributed by atoms with Gasteiger partial charge < -0.3 is 0 Å². The molecule has 0 radical (unpaired) electrons. The van der Waals surface area contributed by atoms with Crippen molar-refractivity contribution in [2.24, 2.45) is 0 Å². The second-order valence-corrected chi connectivity index (χ2v) is 8.15. The van der Waals surface area contributed by atoms with E-state index in [1.54, 1.807) is 11.8 Å². The molecule has 0 amide bonds. The van der Waals surface area contributed by atoms with Gasteiger partial charge in [0.25, 0.3) is 0 Å². The Hall–Kier alpha value is -2.42. The van der Waals surface area contributed by atoms with Crippen LogP contribution in [0.3, 0.4) is 0 Å². The topological polar surface area (TPSA) is 0 Å². The van der Waals surface area contributed by atoms with Gasteiger partial charge >= 0.3 is 0 Å². The zero-order chi connectivity index (χ0) is 17.3. The Morgan fingerprint density at radius 2 is 0.923 bits per heavy atom. The van der Waals surface area contributed by atoms with E-state index in [9.17, 15) is 0 Å². The van der Waals surface area contributed by atoms with Crippen molar-refractivity contribution in [3.05, 3.63) is 107 Å². The summed E-state index contributed by atoms with van der Waals surface area (Å²) in [6, 6.07) is 30.5. The minimum Gasteiger partial charge on any atom is -0.104 e. The maximum atomic E-state index is 2.29. The van der Waals surface area contributed by atoms with Crippen LogP contribution < -0.4 is 0 Å². The summed E-state index contributed by atoms with van der Waals surface area (Å²) in [5, 5.41) is 9.65. The molecular weight excluding hydrogens is 352 g/mol. The van der Waals surface area contributed by atoms with Crippen molar-refractivity contribution in [1.29, 1.82) is 0 Å². The highest BCUT2D eigenvalue weighted by Gasteiger charge is 2.13. The van der Waals surface area contributed by atoms with Crippen LogP contribution in [0.1, 0.15) is 11.1 Å². The molecule has 4 aromatic rings. The maximum Gasteiger partial charge on any atom is 0.0261 e. The summed E-state index contributed by atoms with van der Waals surface area (Å²) >= 11 is 3.62. The molecule has 1 aliphatic rings. The summed E-state index contributed by atoms with van der Waals surface area (Å²) in [6.07, 6.45) is 0. The van der Waals surface area contributed by atoms with Crippen LogP contribution in [0.2, 0.25) is 0 Å². The van der Waals surface area contributed by atoms with E-state index in [1.807, 2.05) is 11.8 Å². The number of benzene rings is 4. The molecule has 0 unspecified atom stereocenters. The van der Waals surface area contributed by atoms with Gasteiger partial charge in [0.1, 0.15) is 0 Å². The molecule has 0 saturated carbocycles. The predicted octanol–water partition coefficient (Wildman–Crippen LogP) is 7.77. The van der Waals surface area contributed by atoms with E-state index in [1.165, 1.54) is 42.5 Å². The van der Waals surface area contributed by atoms with E-state index < -0.39 is 0 Å². The zero-order valence-corrected chi connectivity index (χ0v) is 15.7. The lowest BCUT2D eigenvalue weighted by molar-refractivity contribution is 1.69. The van der Waals surface area contributed by atoms with E-state index >= 15 is 0 Å². The van der Waals surface area contributed by atoms with E-state index in [2.05, 4.69) is 95.7 Å². The smallest absolute Gasteiger partial charge is 0.0261 e. The molecule has 0 bridgehead atoms. The minimum absolute atomic E-state index is 1.28. The SMILES string of the molecule is C1=C(c2ccc3ccccc3c2)SC(c2ccc3ccccc3c2)=CS1. The average molecular weight is 369 g/mol. The normalized spacial score (nSPS) is 14.3. The Labute approximate surface area is 161 Å². The molecule has 0 fully saturated rings. The van der Waals surface area contributed by atoms with Crippen LogP contribution in [-0.2, 0) is 0 Å². The van der Waals surface area contributed by atoms with Crippen LogP contribution in [0, 0.1) is 0 Å². The summed E-state index contributed by atoms with van der Waals surface area (Å²) in [5.41, 5.74) is 2.57. The van der Waals surface area contributed by atoms with Gasteiger partial charge in [-0.05, 0) is 55.6 Å². The third-order valence-electron chi connectivity index (χ3n) is 4.64. The summed E-state index contributed by atoms with van der Waals surface area (Å²) < 4.78 is 0. The molecule has 0 saturated heterocycles. The molecule has 2 heteroatoms. The van der Waals surface area contributed by atoms with Crippen molar-refractivity contribution >= 4 is 54.9 Å². The molecule has 0 aliphatic carbocycles. The first kappa shape index (κ1) is 15.8. The van der Waals surface area contributed by atoms with Gasteiger partial charge in [-0.15, -0.1) is 11.8 Å². The number of hydrogen-bond acceptors (Lipinski definition) is 2. The summed E-state index contributed by atoms with van der Waals surface area (Å²) in [5.74, 6) is 0. The van der Waals surface area contributed by atoms with Gasteiger partial charge in [0.15, 0.2) is 0 Å². The first-order chi connectivity index (χ1) is 12.9. The Bertz CT molecular complexity index is 1090. The highest BCUT2D eigenvalue weighted by atomic mass is 32.2. The fraction of sp³-hybridized carbons (Fsp3) is 0. The van der Waals surface area contributed by atoms with Crippen molar-refractivity contribution in [3.63, 3.8) is 0 Å². The molecule has 5 rings (SSSR count). The van der Waals surface area contributed by atoms with E-state index in [0.717, 1.165) is 0 Å². The Balaban J connectivity index is 1.48. The largest absolute Gasteiger partial charge is 0.104 e. The molecule has 0 atom stereocenters. The van der Waals surface area contributed by atoms with Crippen LogP contribution in [-0.4, -0.2) is 0 Å². The molecule has 0 spiro atoms. The minimum atomic E-state index is 1.28. The predicted molar refractivity (Wildman–Crippen MR) is 119 cm³/mol. The Kier molecular flexibility index (Phi) is 4.08. The second kappa shape index (κ2) is 6.71. The third kappa shape index (κ3) is 2.96. The Morgan fingerprint density at radius 3 is 1.42 bits per heavy atom. The monoisotopic (exact) mass is 368 g/mol. The van der Waals surface area contributed by atoms with Gasteiger partial charge in [0.2, 0.25) is 0 Å². The zero-order valence-electron chi connectivity index (χ0n) is 14.1. The third-order valence-corrected chi connectivity index (χ3v) is 6.83. The van der Waals surface area contributed by atoms with Crippen LogP contribution >= 0.6 is 23.5 Å². The van der Waals surface area contributed by atoms with E-state index in [0.29, 0.717) is 0 Å². The lowest BCUT2D eigenvalue weighted by Gasteiger charge is -2.16. The highest BCUT2D eigenvalue weighted by Crippen LogP contribution is 2.46. The maximum absolute atomic E-state index is 2.29. The van der Waals surface area contributed by atoms with Crippen molar-refractivity contribution in [3.8, 4) is 0 Å². The van der Waals surface area contributed by atoms with Gasteiger partial charge in [-0.2, -0.15) is 0 Å².